The molecular formula is C27H42N2O3. The summed E-state index contributed by atoms with van der Waals surface area (Å²) in [6, 6.07) is 3.62. The third-order valence-electron chi connectivity index (χ3n) is 6.49. The molecule has 1 aromatic rings. The average molecular weight is 443 g/mol. The minimum atomic E-state index is -0.435. The maximum atomic E-state index is 12.6. The van der Waals surface area contributed by atoms with Crippen LogP contribution >= 0.6 is 0 Å². The minimum absolute atomic E-state index is 0.0368. The van der Waals surface area contributed by atoms with Gasteiger partial charge >= 0.3 is 5.97 Å². The first kappa shape index (κ1) is 26.2. The standard InChI is InChI=1S/C27H42N2O3/c1-3-5-7-9-11-13-22-14-16-24(17-15-22)32-27(30)25-19-23(20-28)26(21-29-25)31-18-12-10-8-6-4-2/h19,21-22,24H,3-18H2,1-2H3. The SMILES string of the molecule is CCCCCCCOc1cnc(C(=O)OC2CCC(CCCCCCC)CC2)cc1C#N. The van der Waals surface area contributed by atoms with E-state index in [1.807, 2.05) is 0 Å². The molecule has 5 nitrogen and oxygen atoms in total. The molecule has 0 atom stereocenters. The van der Waals surface area contributed by atoms with E-state index < -0.39 is 5.97 Å². The van der Waals surface area contributed by atoms with Gasteiger partial charge in [-0.3, -0.25) is 0 Å². The van der Waals surface area contributed by atoms with Crippen molar-refractivity contribution in [3.05, 3.63) is 23.5 Å². The van der Waals surface area contributed by atoms with Gasteiger partial charge in [0.05, 0.1) is 18.4 Å². The van der Waals surface area contributed by atoms with Crippen LogP contribution in [0, 0.1) is 17.2 Å². The van der Waals surface area contributed by atoms with Crippen LogP contribution in [0.5, 0.6) is 5.75 Å². The molecule has 0 amide bonds. The fraction of sp³-hybridized carbons (Fsp3) is 0.741. The quantitative estimate of drug-likeness (QED) is 0.209. The van der Waals surface area contributed by atoms with Crippen LogP contribution in [0.4, 0.5) is 0 Å². The number of unbranched alkanes of at least 4 members (excludes halogenated alkanes) is 8. The summed E-state index contributed by atoms with van der Waals surface area (Å²) < 4.78 is 11.4. The highest BCUT2D eigenvalue weighted by atomic mass is 16.5. The summed E-state index contributed by atoms with van der Waals surface area (Å²) in [5.74, 6) is 0.780. The summed E-state index contributed by atoms with van der Waals surface area (Å²) in [5, 5.41) is 9.46. The lowest BCUT2D eigenvalue weighted by atomic mass is 9.84. The van der Waals surface area contributed by atoms with Gasteiger partial charge in [-0.25, -0.2) is 9.78 Å². The van der Waals surface area contributed by atoms with Gasteiger partial charge in [0, 0.05) is 0 Å². The second kappa shape index (κ2) is 15.7. The van der Waals surface area contributed by atoms with Gasteiger partial charge in [0.15, 0.2) is 5.75 Å². The molecule has 0 aromatic carbocycles. The summed E-state index contributed by atoms with van der Waals surface area (Å²) in [6.45, 7) is 5.00. The number of aromatic nitrogens is 1. The van der Waals surface area contributed by atoms with Gasteiger partial charge < -0.3 is 9.47 Å². The van der Waals surface area contributed by atoms with Gasteiger partial charge in [0.25, 0.3) is 0 Å². The van der Waals surface area contributed by atoms with Gasteiger partial charge in [-0.1, -0.05) is 78.1 Å². The smallest absolute Gasteiger partial charge is 0.357 e. The Kier molecular flexibility index (Phi) is 12.8. The van der Waals surface area contributed by atoms with Crippen LogP contribution in [0.1, 0.15) is 126 Å². The molecule has 0 bridgehead atoms. The molecule has 0 aliphatic heterocycles. The Bertz CT molecular complexity index is 705. The second-order valence-corrected chi connectivity index (χ2v) is 9.19. The molecule has 0 unspecified atom stereocenters. The fourth-order valence-electron chi connectivity index (χ4n) is 4.43. The zero-order valence-electron chi connectivity index (χ0n) is 20.2. The number of carbonyl (C=O) groups excluding carboxylic acids is 1. The first-order valence-corrected chi connectivity index (χ1v) is 12.9. The lowest BCUT2D eigenvalue weighted by molar-refractivity contribution is 0.0154. The van der Waals surface area contributed by atoms with Crippen molar-refractivity contribution in [2.75, 3.05) is 6.61 Å². The Morgan fingerprint density at radius 1 is 1.00 bits per heavy atom. The van der Waals surface area contributed by atoms with Gasteiger partial charge in [0.1, 0.15) is 17.9 Å². The van der Waals surface area contributed by atoms with Crippen molar-refractivity contribution < 1.29 is 14.3 Å². The summed E-state index contributed by atoms with van der Waals surface area (Å²) in [6.07, 6.45) is 19.2. The molecular weight excluding hydrogens is 400 g/mol. The number of hydrogen-bond donors (Lipinski definition) is 0. The minimum Gasteiger partial charge on any atom is -0.491 e. The number of ether oxygens (including phenoxy) is 2. The van der Waals surface area contributed by atoms with E-state index >= 15 is 0 Å². The Balaban J connectivity index is 1.73. The molecule has 1 aliphatic carbocycles. The maximum absolute atomic E-state index is 12.6. The summed E-state index contributed by atoms with van der Waals surface area (Å²) in [7, 11) is 0. The second-order valence-electron chi connectivity index (χ2n) is 9.19. The first-order valence-electron chi connectivity index (χ1n) is 12.9. The molecule has 1 aliphatic rings. The van der Waals surface area contributed by atoms with E-state index in [1.54, 1.807) is 0 Å². The van der Waals surface area contributed by atoms with E-state index in [-0.39, 0.29) is 11.8 Å². The van der Waals surface area contributed by atoms with Crippen molar-refractivity contribution in [3.63, 3.8) is 0 Å². The number of rotatable bonds is 15. The van der Waals surface area contributed by atoms with E-state index in [4.69, 9.17) is 9.47 Å². The zero-order valence-corrected chi connectivity index (χ0v) is 20.2. The zero-order chi connectivity index (χ0) is 23.0. The molecule has 5 heteroatoms. The van der Waals surface area contributed by atoms with Crippen molar-refractivity contribution in [1.82, 2.24) is 4.98 Å². The van der Waals surface area contributed by atoms with E-state index in [2.05, 4.69) is 24.9 Å². The average Bonchev–Trinajstić information content (AvgIpc) is 2.82. The summed E-state index contributed by atoms with van der Waals surface area (Å²) in [4.78, 5) is 16.8. The molecule has 2 rings (SSSR count). The van der Waals surface area contributed by atoms with Crippen LogP contribution < -0.4 is 4.74 Å². The lowest BCUT2D eigenvalue weighted by Gasteiger charge is -2.28. The Labute approximate surface area is 194 Å². The van der Waals surface area contributed by atoms with Crippen molar-refractivity contribution in [3.8, 4) is 11.8 Å². The molecule has 1 saturated carbocycles. The predicted molar refractivity (Wildman–Crippen MR) is 128 cm³/mol. The van der Waals surface area contributed by atoms with Gasteiger partial charge in [-0.15, -0.1) is 0 Å². The normalized spacial score (nSPS) is 18.2. The van der Waals surface area contributed by atoms with Gasteiger partial charge in [0.2, 0.25) is 0 Å². The molecule has 0 saturated heterocycles. The molecule has 0 N–H and O–H groups in total. The van der Waals surface area contributed by atoms with Gasteiger partial charge in [-0.2, -0.15) is 5.26 Å². The highest BCUT2D eigenvalue weighted by Crippen LogP contribution is 2.30. The third kappa shape index (κ3) is 9.59. The highest BCUT2D eigenvalue weighted by Gasteiger charge is 2.25. The monoisotopic (exact) mass is 442 g/mol. The van der Waals surface area contributed by atoms with Gasteiger partial charge in [-0.05, 0) is 44.1 Å². The molecule has 0 spiro atoms. The van der Waals surface area contributed by atoms with Crippen molar-refractivity contribution in [1.29, 1.82) is 5.26 Å². The molecule has 1 fully saturated rings. The third-order valence-corrected chi connectivity index (χ3v) is 6.49. The lowest BCUT2D eigenvalue weighted by Crippen LogP contribution is -2.25. The van der Waals surface area contributed by atoms with Crippen LogP contribution in [0.3, 0.4) is 0 Å². The summed E-state index contributed by atoms with van der Waals surface area (Å²) in [5.41, 5.74) is 0.530. The van der Waals surface area contributed by atoms with E-state index in [1.165, 1.54) is 70.1 Å². The van der Waals surface area contributed by atoms with Crippen LogP contribution in [-0.2, 0) is 4.74 Å². The number of pyridine rings is 1. The predicted octanol–water partition coefficient (Wildman–Crippen LogP) is 7.38. The number of esters is 1. The highest BCUT2D eigenvalue weighted by molar-refractivity contribution is 5.88. The Hall–Kier alpha value is -2.09. The largest absolute Gasteiger partial charge is 0.491 e. The van der Waals surface area contributed by atoms with Crippen LogP contribution in [0.2, 0.25) is 0 Å². The maximum Gasteiger partial charge on any atom is 0.357 e. The molecule has 178 valence electrons. The number of hydrogen-bond acceptors (Lipinski definition) is 5. The number of nitrogens with zero attached hydrogens (tertiary/aromatic N) is 2. The van der Waals surface area contributed by atoms with E-state index in [9.17, 15) is 10.1 Å². The molecule has 1 heterocycles. The van der Waals surface area contributed by atoms with Crippen LogP contribution in [0.25, 0.3) is 0 Å². The van der Waals surface area contributed by atoms with Crippen molar-refractivity contribution in [2.24, 2.45) is 5.92 Å². The first-order chi connectivity index (χ1) is 15.7. The van der Waals surface area contributed by atoms with E-state index in [0.29, 0.717) is 17.9 Å². The van der Waals surface area contributed by atoms with Crippen LogP contribution in [0.15, 0.2) is 12.3 Å². The molecule has 32 heavy (non-hydrogen) atoms. The van der Waals surface area contributed by atoms with Crippen molar-refractivity contribution >= 4 is 5.97 Å². The molecule has 1 aromatic heterocycles. The number of carbonyl (C=O) groups is 1. The number of nitriles is 1. The Morgan fingerprint density at radius 3 is 2.31 bits per heavy atom. The summed E-state index contributed by atoms with van der Waals surface area (Å²) >= 11 is 0. The fourth-order valence-corrected chi connectivity index (χ4v) is 4.43. The molecule has 0 radical (unpaired) electrons. The topological polar surface area (TPSA) is 72.2 Å². The Morgan fingerprint density at radius 2 is 1.66 bits per heavy atom. The van der Waals surface area contributed by atoms with Crippen LogP contribution in [-0.4, -0.2) is 23.7 Å². The van der Waals surface area contributed by atoms with E-state index in [0.717, 1.165) is 44.4 Å². The van der Waals surface area contributed by atoms with Crippen molar-refractivity contribution in [2.45, 2.75) is 116 Å².